The van der Waals surface area contributed by atoms with Gasteiger partial charge in [-0.05, 0) is 139 Å². The molecule has 0 aliphatic heterocycles. The molecule has 5 nitrogen and oxygen atoms in total. The van der Waals surface area contributed by atoms with Crippen molar-refractivity contribution in [3.63, 3.8) is 0 Å². The van der Waals surface area contributed by atoms with Crippen LogP contribution >= 0.6 is 0 Å². The van der Waals surface area contributed by atoms with E-state index in [9.17, 15) is 9.59 Å². The van der Waals surface area contributed by atoms with E-state index in [1.165, 1.54) is 82.3 Å². The zero-order valence-corrected chi connectivity index (χ0v) is 29.9. The second-order valence-electron chi connectivity index (χ2n) is 17.2. The molecule has 0 saturated heterocycles. The minimum absolute atomic E-state index is 0.0423. The highest BCUT2D eigenvalue weighted by atomic mass is 16.5. The van der Waals surface area contributed by atoms with Crippen molar-refractivity contribution < 1.29 is 19.1 Å². The summed E-state index contributed by atoms with van der Waals surface area (Å²) >= 11 is 0. The van der Waals surface area contributed by atoms with Crippen LogP contribution in [0.3, 0.4) is 0 Å². The Balaban J connectivity index is 1.31. The average Bonchev–Trinajstić information content (AvgIpc) is 3.41. The normalized spacial score (nSPS) is 40.8. The van der Waals surface area contributed by atoms with Crippen LogP contribution in [-0.2, 0) is 14.3 Å². The van der Waals surface area contributed by atoms with Crippen molar-refractivity contribution in [3.8, 4) is 0 Å². The van der Waals surface area contributed by atoms with Crippen molar-refractivity contribution in [3.05, 3.63) is 53.6 Å². The molecule has 0 bridgehead atoms. The maximum absolute atomic E-state index is 12.1. The van der Waals surface area contributed by atoms with Crippen molar-refractivity contribution >= 4 is 17.5 Å². The summed E-state index contributed by atoms with van der Waals surface area (Å²) in [6.45, 7) is 20.5. The molecule has 1 aromatic carbocycles. The molecule has 4 fully saturated rings. The van der Waals surface area contributed by atoms with Crippen molar-refractivity contribution in [2.75, 3.05) is 20.8 Å². The summed E-state index contributed by atoms with van der Waals surface area (Å²) in [6.07, 6.45) is 14.1. The van der Waals surface area contributed by atoms with Crippen LogP contribution in [0.5, 0.6) is 0 Å². The first-order valence-electron chi connectivity index (χ1n) is 18.1. The van der Waals surface area contributed by atoms with E-state index in [-0.39, 0.29) is 39.1 Å². The Bertz CT molecular complexity index is 1410. The van der Waals surface area contributed by atoms with E-state index in [1.807, 2.05) is 12.1 Å². The molecule has 0 aromatic heterocycles. The maximum Gasteiger partial charge on any atom is 0.337 e. The van der Waals surface area contributed by atoms with Gasteiger partial charge in [-0.25, -0.2) is 4.79 Å². The molecule has 1 N–H and O–H groups in total. The van der Waals surface area contributed by atoms with Crippen LogP contribution in [0.15, 0.2) is 42.5 Å². The van der Waals surface area contributed by atoms with Gasteiger partial charge in [-0.1, -0.05) is 65.0 Å². The number of ether oxygens (including phenoxy) is 2. The molecule has 1 aromatic rings. The Morgan fingerprint density at radius 2 is 1.59 bits per heavy atom. The van der Waals surface area contributed by atoms with Gasteiger partial charge in [0.25, 0.3) is 0 Å². The van der Waals surface area contributed by atoms with Crippen LogP contribution in [-0.4, -0.2) is 38.2 Å². The fourth-order valence-corrected chi connectivity index (χ4v) is 13.0. The van der Waals surface area contributed by atoms with Crippen LogP contribution in [0.4, 0.5) is 0 Å². The fourth-order valence-electron chi connectivity index (χ4n) is 13.0. The van der Waals surface area contributed by atoms with Gasteiger partial charge in [-0.3, -0.25) is 4.79 Å². The third-order valence-corrected chi connectivity index (χ3v) is 15.3. The minimum Gasteiger partial charge on any atom is -0.469 e. The van der Waals surface area contributed by atoms with E-state index in [4.69, 9.17) is 9.47 Å². The smallest absolute Gasteiger partial charge is 0.337 e. The third-order valence-electron chi connectivity index (χ3n) is 15.3. The zero-order valence-electron chi connectivity index (χ0n) is 29.9. The summed E-state index contributed by atoms with van der Waals surface area (Å²) in [6, 6.07) is 8.07. The van der Waals surface area contributed by atoms with Gasteiger partial charge in [0, 0.05) is 12.1 Å². The molecule has 0 amide bonds. The van der Waals surface area contributed by atoms with Crippen LogP contribution < -0.4 is 5.32 Å². The molecular formula is C41H59NO4. The van der Waals surface area contributed by atoms with Gasteiger partial charge < -0.3 is 14.8 Å². The highest BCUT2D eigenvalue weighted by molar-refractivity contribution is 5.90. The summed E-state index contributed by atoms with van der Waals surface area (Å²) in [5, 5.41) is 4.00. The second kappa shape index (κ2) is 11.6. The molecule has 5 heteroatoms. The van der Waals surface area contributed by atoms with E-state index in [2.05, 4.69) is 71.6 Å². The summed E-state index contributed by atoms with van der Waals surface area (Å²) in [4.78, 5) is 24.1. The lowest BCUT2D eigenvalue weighted by Crippen LogP contribution is -2.68. The first-order chi connectivity index (χ1) is 21.7. The molecule has 0 radical (unpaired) electrons. The fraction of sp³-hybridized carbons (Fsp3) is 0.707. The largest absolute Gasteiger partial charge is 0.469 e. The van der Waals surface area contributed by atoms with Gasteiger partial charge >= 0.3 is 11.9 Å². The molecule has 6 rings (SSSR count). The van der Waals surface area contributed by atoms with Gasteiger partial charge in [0.15, 0.2) is 0 Å². The van der Waals surface area contributed by atoms with E-state index in [0.717, 1.165) is 6.42 Å². The predicted octanol–water partition coefficient (Wildman–Crippen LogP) is 9.03. The molecule has 0 spiro atoms. The lowest BCUT2D eigenvalue weighted by atomic mass is 9.33. The van der Waals surface area contributed by atoms with Gasteiger partial charge in [0.2, 0.25) is 0 Å². The highest BCUT2D eigenvalue weighted by Gasteiger charge is 2.70. The summed E-state index contributed by atoms with van der Waals surface area (Å²) < 4.78 is 9.93. The quantitative estimate of drug-likeness (QED) is 0.241. The number of rotatable bonds is 7. The van der Waals surface area contributed by atoms with Crippen molar-refractivity contribution in [2.24, 2.45) is 51.2 Å². The Morgan fingerprint density at radius 3 is 2.24 bits per heavy atom. The third kappa shape index (κ3) is 4.79. The molecule has 0 heterocycles. The van der Waals surface area contributed by atoms with E-state index in [1.54, 1.807) is 0 Å². The molecule has 5 aliphatic carbocycles. The first-order valence-corrected chi connectivity index (χ1v) is 18.1. The SMILES string of the molecule is C=C(C)[C@@H]1CC[C@]2(NCCC(=O)OC)CC[C@]3(C)[C@H](CC[C@@H]4[C@@]5(C)CC=C(c6ccc(C(=O)OC)cc6)C(C)(C)[C@@H]5CC[C@]43C)[C@@H]12. The van der Waals surface area contributed by atoms with Crippen LogP contribution in [0.25, 0.3) is 5.57 Å². The van der Waals surface area contributed by atoms with Crippen molar-refractivity contribution in [2.45, 2.75) is 111 Å². The lowest BCUT2D eigenvalue weighted by Gasteiger charge is -2.72. The van der Waals surface area contributed by atoms with Gasteiger partial charge in [-0.2, -0.15) is 0 Å². The number of carbonyl (C=O) groups is 2. The van der Waals surface area contributed by atoms with Gasteiger partial charge in [0.05, 0.1) is 26.2 Å². The van der Waals surface area contributed by atoms with E-state index in [0.29, 0.717) is 48.1 Å². The number of hydrogen-bond donors (Lipinski definition) is 1. The standard InChI is InChI=1S/C41H59NO4/c1-26(2)29-16-22-41(42-25-19-34(43)45-8)24-23-39(6)31(35(29)41)14-15-33-38(5)20-17-30(27-10-12-28(13-11-27)36(44)46-9)37(3,4)32(38)18-21-40(33,39)7/h10-13,17,29,31-33,35,42H,1,14-16,18-25H2,2-9H3/t29-,31+,32-,33+,35+,38-,39+,40+,41-/m0/s1. The molecular weight excluding hydrogens is 570 g/mol. The van der Waals surface area contributed by atoms with Crippen LogP contribution in [0, 0.1) is 51.2 Å². The van der Waals surface area contributed by atoms with Crippen LogP contribution in [0.1, 0.15) is 122 Å². The van der Waals surface area contributed by atoms with Gasteiger partial charge in [-0.15, -0.1) is 0 Å². The monoisotopic (exact) mass is 629 g/mol. The number of hydrogen-bond acceptors (Lipinski definition) is 5. The first kappa shape index (κ1) is 33.5. The number of esters is 2. The zero-order chi connectivity index (χ0) is 33.3. The number of carbonyl (C=O) groups excluding carboxylic acids is 2. The second-order valence-corrected chi connectivity index (χ2v) is 17.2. The Kier molecular flexibility index (Phi) is 8.47. The summed E-state index contributed by atoms with van der Waals surface area (Å²) in [5.74, 6) is 2.67. The summed E-state index contributed by atoms with van der Waals surface area (Å²) in [5.41, 5.74) is 5.57. The average molecular weight is 630 g/mol. The van der Waals surface area contributed by atoms with Crippen molar-refractivity contribution in [1.82, 2.24) is 5.32 Å². The van der Waals surface area contributed by atoms with E-state index < -0.39 is 0 Å². The molecule has 5 aliphatic rings. The number of methoxy groups -OCH3 is 2. The molecule has 46 heavy (non-hydrogen) atoms. The summed E-state index contributed by atoms with van der Waals surface area (Å²) in [7, 11) is 2.93. The number of fused-ring (bicyclic) bond motifs is 7. The molecule has 4 saturated carbocycles. The Morgan fingerprint density at radius 1 is 0.870 bits per heavy atom. The topological polar surface area (TPSA) is 64.6 Å². The van der Waals surface area contributed by atoms with Crippen molar-refractivity contribution in [1.29, 1.82) is 0 Å². The number of benzene rings is 1. The van der Waals surface area contributed by atoms with E-state index >= 15 is 0 Å². The minimum atomic E-state index is -0.282. The van der Waals surface area contributed by atoms with Crippen LogP contribution in [0.2, 0.25) is 0 Å². The number of nitrogens with one attached hydrogen (secondary N) is 1. The predicted molar refractivity (Wildman–Crippen MR) is 185 cm³/mol. The molecule has 9 atom stereocenters. The Labute approximate surface area is 278 Å². The number of allylic oxidation sites excluding steroid dienone is 3. The molecule has 252 valence electrons. The molecule has 0 unspecified atom stereocenters. The maximum atomic E-state index is 12.1. The highest BCUT2D eigenvalue weighted by Crippen LogP contribution is 2.76. The van der Waals surface area contributed by atoms with Gasteiger partial charge in [0.1, 0.15) is 0 Å². The lowest BCUT2D eigenvalue weighted by molar-refractivity contribution is -0.219. The Hall–Kier alpha value is -2.40.